The third kappa shape index (κ3) is 2.99. The first-order valence-electron chi connectivity index (χ1n) is 6.30. The van der Waals surface area contributed by atoms with E-state index in [1.807, 2.05) is 6.07 Å². The molecular formula is C15H11BrClNO3. The van der Waals surface area contributed by atoms with Crippen LogP contribution in [0.25, 0.3) is 0 Å². The minimum atomic E-state index is -0.249. The lowest BCUT2D eigenvalue weighted by molar-refractivity contribution is 0.102. The number of fused-ring (bicyclic) bond motifs is 1. The van der Waals surface area contributed by atoms with Gasteiger partial charge in [0.2, 0.25) is 0 Å². The third-order valence-corrected chi connectivity index (χ3v) is 4.00. The molecule has 2 aromatic carbocycles. The van der Waals surface area contributed by atoms with Crippen molar-refractivity contribution in [3.05, 3.63) is 51.5 Å². The van der Waals surface area contributed by atoms with E-state index in [1.54, 1.807) is 30.3 Å². The summed E-state index contributed by atoms with van der Waals surface area (Å²) in [5.74, 6) is 0.916. The highest BCUT2D eigenvalue weighted by atomic mass is 79.9. The monoisotopic (exact) mass is 367 g/mol. The second-order valence-electron chi connectivity index (χ2n) is 4.41. The van der Waals surface area contributed by atoms with Gasteiger partial charge >= 0.3 is 0 Å². The number of rotatable bonds is 2. The Hall–Kier alpha value is -1.72. The van der Waals surface area contributed by atoms with Crippen molar-refractivity contribution in [2.45, 2.75) is 0 Å². The first-order valence-corrected chi connectivity index (χ1v) is 7.47. The lowest BCUT2D eigenvalue weighted by Crippen LogP contribution is -2.17. The molecule has 0 spiro atoms. The minimum Gasteiger partial charge on any atom is -0.486 e. The molecule has 2 aromatic rings. The zero-order valence-corrected chi connectivity index (χ0v) is 13.2. The van der Waals surface area contributed by atoms with Crippen molar-refractivity contribution < 1.29 is 14.3 Å². The molecule has 4 nitrogen and oxygen atoms in total. The van der Waals surface area contributed by atoms with E-state index < -0.39 is 0 Å². The molecule has 0 aromatic heterocycles. The number of hydrogen-bond donors (Lipinski definition) is 1. The number of carbonyl (C=O) groups excluding carboxylic acids is 1. The van der Waals surface area contributed by atoms with E-state index in [-0.39, 0.29) is 5.91 Å². The van der Waals surface area contributed by atoms with Crippen LogP contribution in [0, 0.1) is 0 Å². The van der Waals surface area contributed by atoms with Gasteiger partial charge in [0.1, 0.15) is 13.2 Å². The standard InChI is InChI=1S/C15H11BrClNO3/c16-10-4-2-1-3-9(10)15(19)18-12-8-14-13(7-11(12)17)20-5-6-21-14/h1-4,7-8H,5-6H2,(H,18,19). The molecular weight excluding hydrogens is 358 g/mol. The number of ether oxygens (including phenoxy) is 2. The van der Waals surface area contributed by atoms with E-state index in [2.05, 4.69) is 21.2 Å². The van der Waals surface area contributed by atoms with Gasteiger partial charge in [-0.15, -0.1) is 0 Å². The second kappa shape index (κ2) is 5.95. The first kappa shape index (κ1) is 14.2. The largest absolute Gasteiger partial charge is 0.486 e. The van der Waals surface area contributed by atoms with Gasteiger partial charge in [-0.25, -0.2) is 0 Å². The predicted molar refractivity (Wildman–Crippen MR) is 84.5 cm³/mol. The number of benzene rings is 2. The van der Waals surface area contributed by atoms with Gasteiger partial charge in [0.25, 0.3) is 5.91 Å². The van der Waals surface area contributed by atoms with Gasteiger partial charge in [-0.05, 0) is 28.1 Å². The molecule has 1 aliphatic rings. The number of amides is 1. The van der Waals surface area contributed by atoms with Crippen LogP contribution in [0.4, 0.5) is 5.69 Å². The molecule has 6 heteroatoms. The fourth-order valence-corrected chi connectivity index (χ4v) is 2.66. The van der Waals surface area contributed by atoms with Crippen LogP contribution in [0.1, 0.15) is 10.4 Å². The fourth-order valence-electron chi connectivity index (χ4n) is 1.99. The number of halogens is 2. The Morgan fingerprint density at radius 2 is 1.81 bits per heavy atom. The average Bonchev–Trinajstić information content (AvgIpc) is 2.48. The molecule has 108 valence electrons. The summed E-state index contributed by atoms with van der Waals surface area (Å²) >= 11 is 9.52. The lowest BCUT2D eigenvalue weighted by Gasteiger charge is -2.20. The van der Waals surface area contributed by atoms with Gasteiger partial charge in [0.15, 0.2) is 11.5 Å². The van der Waals surface area contributed by atoms with Gasteiger partial charge in [-0.3, -0.25) is 4.79 Å². The molecule has 0 atom stereocenters. The molecule has 0 radical (unpaired) electrons. The topological polar surface area (TPSA) is 47.6 Å². The molecule has 0 bridgehead atoms. The maximum absolute atomic E-state index is 12.3. The Morgan fingerprint density at radius 1 is 1.14 bits per heavy atom. The molecule has 1 heterocycles. The normalized spacial score (nSPS) is 12.9. The van der Waals surface area contributed by atoms with E-state index in [0.29, 0.717) is 41.0 Å². The zero-order chi connectivity index (χ0) is 14.8. The molecule has 3 rings (SSSR count). The molecule has 1 aliphatic heterocycles. The summed E-state index contributed by atoms with van der Waals surface area (Å²) in [6.45, 7) is 0.970. The van der Waals surface area contributed by atoms with Crippen LogP contribution in [0.3, 0.4) is 0 Å². The van der Waals surface area contributed by atoms with Crippen molar-refractivity contribution in [1.29, 1.82) is 0 Å². The fraction of sp³-hybridized carbons (Fsp3) is 0.133. The summed E-state index contributed by atoms with van der Waals surface area (Å²) < 4.78 is 11.6. The molecule has 1 amide bonds. The van der Waals surface area contributed by atoms with Crippen molar-refractivity contribution >= 4 is 39.1 Å². The van der Waals surface area contributed by atoms with Crippen LogP contribution in [-0.2, 0) is 0 Å². The quantitative estimate of drug-likeness (QED) is 0.867. The highest BCUT2D eigenvalue weighted by molar-refractivity contribution is 9.10. The predicted octanol–water partition coefficient (Wildman–Crippen LogP) is 4.13. The number of carbonyl (C=O) groups is 1. The Kier molecular flexibility index (Phi) is 4.03. The van der Waals surface area contributed by atoms with Gasteiger partial charge < -0.3 is 14.8 Å². The van der Waals surface area contributed by atoms with E-state index in [4.69, 9.17) is 21.1 Å². The summed E-state index contributed by atoms with van der Waals surface area (Å²) in [4.78, 5) is 12.3. The van der Waals surface area contributed by atoms with Crippen LogP contribution < -0.4 is 14.8 Å². The van der Waals surface area contributed by atoms with Crippen LogP contribution in [0.2, 0.25) is 5.02 Å². The van der Waals surface area contributed by atoms with Crippen LogP contribution in [0.15, 0.2) is 40.9 Å². The van der Waals surface area contributed by atoms with E-state index in [1.165, 1.54) is 0 Å². The van der Waals surface area contributed by atoms with Crippen LogP contribution >= 0.6 is 27.5 Å². The summed E-state index contributed by atoms with van der Waals surface area (Å²) in [6.07, 6.45) is 0. The maximum Gasteiger partial charge on any atom is 0.256 e. The van der Waals surface area contributed by atoms with Gasteiger partial charge in [-0.2, -0.15) is 0 Å². The SMILES string of the molecule is O=C(Nc1cc2c(cc1Cl)OCCO2)c1ccccc1Br. The Balaban J connectivity index is 1.88. The molecule has 0 fully saturated rings. The summed E-state index contributed by atoms with van der Waals surface area (Å²) in [5.41, 5.74) is 1.02. The first-order chi connectivity index (χ1) is 10.1. The minimum absolute atomic E-state index is 0.249. The van der Waals surface area contributed by atoms with Gasteiger partial charge in [0, 0.05) is 16.6 Å². The molecule has 0 unspecified atom stereocenters. The summed E-state index contributed by atoms with van der Waals surface area (Å²) in [5, 5.41) is 3.18. The summed E-state index contributed by atoms with van der Waals surface area (Å²) in [7, 11) is 0. The van der Waals surface area contributed by atoms with Crippen molar-refractivity contribution in [3.63, 3.8) is 0 Å². The van der Waals surface area contributed by atoms with E-state index >= 15 is 0 Å². The van der Waals surface area contributed by atoms with E-state index in [9.17, 15) is 4.79 Å². The Labute approximate surface area is 135 Å². The molecule has 0 saturated carbocycles. The van der Waals surface area contributed by atoms with Crippen molar-refractivity contribution in [3.8, 4) is 11.5 Å². The second-order valence-corrected chi connectivity index (χ2v) is 5.67. The van der Waals surface area contributed by atoms with Crippen molar-refractivity contribution in [1.82, 2.24) is 0 Å². The number of anilines is 1. The van der Waals surface area contributed by atoms with Gasteiger partial charge in [0.05, 0.1) is 16.3 Å². The highest BCUT2D eigenvalue weighted by Crippen LogP contribution is 2.38. The number of nitrogens with one attached hydrogen (secondary N) is 1. The maximum atomic E-state index is 12.3. The van der Waals surface area contributed by atoms with E-state index in [0.717, 1.165) is 4.47 Å². The third-order valence-electron chi connectivity index (χ3n) is 3.00. The lowest BCUT2D eigenvalue weighted by atomic mass is 10.2. The van der Waals surface area contributed by atoms with Crippen molar-refractivity contribution in [2.24, 2.45) is 0 Å². The highest BCUT2D eigenvalue weighted by Gasteiger charge is 2.17. The molecule has 21 heavy (non-hydrogen) atoms. The van der Waals surface area contributed by atoms with Crippen LogP contribution in [-0.4, -0.2) is 19.1 Å². The van der Waals surface area contributed by atoms with Gasteiger partial charge in [-0.1, -0.05) is 23.7 Å². The Morgan fingerprint density at radius 3 is 2.52 bits per heavy atom. The van der Waals surface area contributed by atoms with Crippen LogP contribution in [0.5, 0.6) is 11.5 Å². The Bertz CT molecular complexity index is 705. The number of hydrogen-bond acceptors (Lipinski definition) is 3. The smallest absolute Gasteiger partial charge is 0.256 e. The zero-order valence-electron chi connectivity index (χ0n) is 10.9. The molecule has 1 N–H and O–H groups in total. The average molecular weight is 369 g/mol. The molecule has 0 aliphatic carbocycles. The van der Waals surface area contributed by atoms with Crippen molar-refractivity contribution in [2.75, 3.05) is 18.5 Å². The summed E-state index contributed by atoms with van der Waals surface area (Å²) in [6, 6.07) is 10.5. The molecule has 0 saturated heterocycles.